The number of hydrogen-bond acceptors (Lipinski definition) is 4. The van der Waals surface area contributed by atoms with Gasteiger partial charge >= 0.3 is 0 Å². The fraction of sp³-hybridized carbons (Fsp3) is 0.300. The van der Waals surface area contributed by atoms with E-state index in [1.807, 2.05) is 24.3 Å². The van der Waals surface area contributed by atoms with Crippen molar-refractivity contribution in [2.75, 3.05) is 26.8 Å². The monoisotopic (exact) mass is 368 g/mol. The number of methoxy groups -OCH3 is 1. The van der Waals surface area contributed by atoms with Gasteiger partial charge in [-0.15, -0.1) is 0 Å². The Bertz CT molecular complexity index is 805. The van der Waals surface area contributed by atoms with E-state index >= 15 is 0 Å². The highest BCUT2D eigenvalue weighted by molar-refractivity contribution is 5.94. The van der Waals surface area contributed by atoms with Gasteiger partial charge < -0.3 is 25.8 Å². The van der Waals surface area contributed by atoms with Crippen LogP contribution in [0.2, 0.25) is 0 Å². The molecule has 1 aliphatic rings. The van der Waals surface area contributed by atoms with E-state index in [0.717, 1.165) is 17.7 Å². The van der Waals surface area contributed by atoms with Gasteiger partial charge in [-0.3, -0.25) is 9.79 Å². The summed E-state index contributed by atoms with van der Waals surface area (Å²) >= 11 is 0. The van der Waals surface area contributed by atoms with E-state index in [1.165, 1.54) is 0 Å². The van der Waals surface area contributed by atoms with Crippen LogP contribution < -0.4 is 25.8 Å². The SMILES string of the molecule is COc1ccc(C(=O)NCCN=C(N)NC2CCOc3ccccc32)cc1. The molecule has 27 heavy (non-hydrogen) atoms. The first-order valence-corrected chi connectivity index (χ1v) is 8.88. The molecule has 0 aromatic heterocycles. The summed E-state index contributed by atoms with van der Waals surface area (Å²) in [7, 11) is 1.59. The van der Waals surface area contributed by atoms with Crippen LogP contribution in [0.25, 0.3) is 0 Å². The molecule has 0 fully saturated rings. The molecule has 2 aromatic rings. The number of nitrogens with one attached hydrogen (secondary N) is 2. The lowest BCUT2D eigenvalue weighted by Gasteiger charge is -2.26. The minimum absolute atomic E-state index is 0.0765. The van der Waals surface area contributed by atoms with Gasteiger partial charge in [0.1, 0.15) is 11.5 Å². The van der Waals surface area contributed by atoms with Crippen molar-refractivity contribution in [3.8, 4) is 11.5 Å². The van der Waals surface area contributed by atoms with Gasteiger partial charge in [0.05, 0.1) is 26.3 Å². The second kappa shape index (κ2) is 8.93. The maximum atomic E-state index is 12.1. The van der Waals surface area contributed by atoms with Crippen molar-refractivity contribution in [1.29, 1.82) is 0 Å². The number of fused-ring (bicyclic) bond motifs is 1. The van der Waals surface area contributed by atoms with Crippen molar-refractivity contribution in [3.05, 3.63) is 59.7 Å². The topological polar surface area (TPSA) is 98.0 Å². The smallest absolute Gasteiger partial charge is 0.251 e. The van der Waals surface area contributed by atoms with Crippen molar-refractivity contribution < 1.29 is 14.3 Å². The summed E-state index contributed by atoms with van der Waals surface area (Å²) in [4.78, 5) is 16.4. The highest BCUT2D eigenvalue weighted by atomic mass is 16.5. The number of carbonyl (C=O) groups excluding carboxylic acids is 1. The predicted octanol–water partition coefficient (Wildman–Crippen LogP) is 1.85. The van der Waals surface area contributed by atoms with Gasteiger partial charge in [0, 0.05) is 24.1 Å². The van der Waals surface area contributed by atoms with E-state index < -0.39 is 0 Å². The standard InChI is InChI=1S/C20H24N4O3/c1-26-15-8-6-14(7-9-15)19(25)22-11-12-23-20(21)24-17-10-13-27-18-5-3-2-4-16(17)18/h2-9,17H,10-13H2,1H3,(H,22,25)(H3,21,23,24). The molecule has 1 amide bonds. The maximum absolute atomic E-state index is 12.1. The third-order valence-corrected chi connectivity index (χ3v) is 4.31. The Morgan fingerprint density at radius 3 is 2.81 bits per heavy atom. The zero-order valence-electron chi connectivity index (χ0n) is 15.3. The Balaban J connectivity index is 1.46. The maximum Gasteiger partial charge on any atom is 0.251 e. The van der Waals surface area contributed by atoms with Crippen LogP contribution in [0.3, 0.4) is 0 Å². The molecule has 2 aromatic carbocycles. The predicted molar refractivity (Wildman–Crippen MR) is 104 cm³/mol. The number of para-hydroxylation sites is 1. The first-order valence-electron chi connectivity index (χ1n) is 8.88. The number of ether oxygens (including phenoxy) is 2. The van der Waals surface area contributed by atoms with E-state index in [1.54, 1.807) is 31.4 Å². The van der Waals surface area contributed by atoms with E-state index in [9.17, 15) is 4.79 Å². The molecule has 0 aliphatic carbocycles. The van der Waals surface area contributed by atoms with Crippen molar-refractivity contribution in [1.82, 2.24) is 10.6 Å². The Hall–Kier alpha value is -3.22. The lowest BCUT2D eigenvalue weighted by Crippen LogP contribution is -2.38. The second-order valence-corrected chi connectivity index (χ2v) is 6.12. The van der Waals surface area contributed by atoms with Gasteiger partial charge in [0.15, 0.2) is 5.96 Å². The van der Waals surface area contributed by atoms with E-state index in [-0.39, 0.29) is 11.9 Å². The molecule has 0 radical (unpaired) electrons. The van der Waals surface area contributed by atoms with E-state index in [2.05, 4.69) is 15.6 Å². The highest BCUT2D eigenvalue weighted by Gasteiger charge is 2.21. The third-order valence-electron chi connectivity index (χ3n) is 4.31. The molecule has 0 bridgehead atoms. The van der Waals surface area contributed by atoms with Crippen LogP contribution in [0.15, 0.2) is 53.5 Å². The van der Waals surface area contributed by atoms with E-state index in [0.29, 0.717) is 37.0 Å². The minimum atomic E-state index is -0.155. The number of amides is 1. The van der Waals surface area contributed by atoms with Gasteiger partial charge in [-0.1, -0.05) is 18.2 Å². The van der Waals surface area contributed by atoms with Crippen LogP contribution in [0.5, 0.6) is 11.5 Å². The number of guanidine groups is 1. The minimum Gasteiger partial charge on any atom is -0.497 e. The Kier molecular flexibility index (Phi) is 6.14. The van der Waals surface area contributed by atoms with Crippen molar-refractivity contribution >= 4 is 11.9 Å². The molecule has 1 atom stereocenters. The molecule has 7 heteroatoms. The zero-order valence-corrected chi connectivity index (χ0v) is 15.3. The molecular weight excluding hydrogens is 344 g/mol. The summed E-state index contributed by atoms with van der Waals surface area (Å²) in [6.07, 6.45) is 0.821. The van der Waals surface area contributed by atoms with E-state index in [4.69, 9.17) is 15.2 Å². The molecular formula is C20H24N4O3. The van der Waals surface area contributed by atoms with Crippen LogP contribution in [-0.4, -0.2) is 38.7 Å². The summed E-state index contributed by atoms with van der Waals surface area (Å²) < 4.78 is 10.7. The van der Waals surface area contributed by atoms with Gasteiger partial charge in [0.25, 0.3) is 5.91 Å². The number of rotatable bonds is 6. The third kappa shape index (κ3) is 4.91. The molecule has 0 saturated carbocycles. The average molecular weight is 368 g/mol. The van der Waals surface area contributed by atoms with Crippen LogP contribution in [0, 0.1) is 0 Å². The molecule has 3 rings (SSSR count). The van der Waals surface area contributed by atoms with Gasteiger partial charge in [-0.05, 0) is 30.3 Å². The molecule has 1 aliphatic heterocycles. The normalized spacial score (nSPS) is 16.0. The Labute approximate surface area is 158 Å². The first kappa shape index (κ1) is 18.6. The molecule has 7 nitrogen and oxygen atoms in total. The number of nitrogens with two attached hydrogens (primary N) is 1. The quantitative estimate of drug-likeness (QED) is 0.411. The largest absolute Gasteiger partial charge is 0.497 e. The summed E-state index contributed by atoms with van der Waals surface area (Å²) in [5.74, 6) is 1.79. The average Bonchev–Trinajstić information content (AvgIpc) is 2.71. The summed E-state index contributed by atoms with van der Waals surface area (Å²) in [6.45, 7) is 1.43. The summed E-state index contributed by atoms with van der Waals surface area (Å²) in [5, 5.41) is 6.05. The number of carbonyl (C=O) groups is 1. The number of hydrogen-bond donors (Lipinski definition) is 3. The first-order chi connectivity index (χ1) is 13.2. The van der Waals surface area contributed by atoms with Gasteiger partial charge in [-0.25, -0.2) is 0 Å². The highest BCUT2D eigenvalue weighted by Crippen LogP contribution is 2.31. The van der Waals surface area contributed by atoms with Crippen LogP contribution >= 0.6 is 0 Å². The fourth-order valence-corrected chi connectivity index (χ4v) is 2.91. The number of aliphatic imine (C=N–C) groups is 1. The van der Waals surface area contributed by atoms with Crippen molar-refractivity contribution in [3.63, 3.8) is 0 Å². The Morgan fingerprint density at radius 2 is 2.04 bits per heavy atom. The van der Waals surface area contributed by atoms with Crippen molar-refractivity contribution in [2.24, 2.45) is 10.7 Å². The van der Waals surface area contributed by atoms with Gasteiger partial charge in [0.2, 0.25) is 0 Å². The number of benzene rings is 2. The second-order valence-electron chi connectivity index (χ2n) is 6.12. The lowest BCUT2D eigenvalue weighted by molar-refractivity contribution is 0.0954. The summed E-state index contributed by atoms with van der Waals surface area (Å²) in [5.41, 5.74) is 7.65. The van der Waals surface area contributed by atoms with Gasteiger partial charge in [-0.2, -0.15) is 0 Å². The zero-order chi connectivity index (χ0) is 19.1. The Morgan fingerprint density at radius 1 is 1.26 bits per heavy atom. The number of nitrogens with zero attached hydrogens (tertiary/aromatic N) is 1. The molecule has 4 N–H and O–H groups in total. The van der Waals surface area contributed by atoms with Crippen molar-refractivity contribution in [2.45, 2.75) is 12.5 Å². The molecule has 142 valence electrons. The molecule has 0 saturated heterocycles. The van der Waals surface area contributed by atoms with Crippen LogP contribution in [0.4, 0.5) is 0 Å². The molecule has 0 spiro atoms. The molecule has 1 unspecified atom stereocenters. The summed E-state index contributed by atoms with van der Waals surface area (Å²) in [6, 6.07) is 14.9. The van der Waals surface area contributed by atoms with Crippen LogP contribution in [-0.2, 0) is 0 Å². The molecule has 1 heterocycles. The fourth-order valence-electron chi connectivity index (χ4n) is 2.91. The van der Waals surface area contributed by atoms with Crippen LogP contribution in [0.1, 0.15) is 28.4 Å². The lowest BCUT2D eigenvalue weighted by atomic mass is 10.0.